The van der Waals surface area contributed by atoms with Crippen molar-refractivity contribution >= 4 is 5.97 Å². The number of ether oxygens (including phenoxy) is 1. The van der Waals surface area contributed by atoms with Gasteiger partial charge in [-0.2, -0.15) is 0 Å². The summed E-state index contributed by atoms with van der Waals surface area (Å²) >= 11 is 0. The highest BCUT2D eigenvalue weighted by molar-refractivity contribution is 5.75. The summed E-state index contributed by atoms with van der Waals surface area (Å²) in [7, 11) is 0. The Labute approximate surface area is 178 Å². The molecule has 0 atom stereocenters. The van der Waals surface area contributed by atoms with Gasteiger partial charge in [0.2, 0.25) is 0 Å². The molecule has 6 rings (SSSR count). The molecule has 3 aliphatic rings. The molecule has 0 saturated carbocycles. The third kappa shape index (κ3) is 2.22. The van der Waals surface area contributed by atoms with E-state index in [0.717, 1.165) is 0 Å². The zero-order chi connectivity index (χ0) is 21.3. The molecule has 3 aliphatic carbocycles. The van der Waals surface area contributed by atoms with Crippen LogP contribution >= 0.6 is 0 Å². The molecule has 3 aromatic rings. The minimum atomic E-state index is -0.379. The monoisotopic (exact) mass is 396 g/mol. The second-order valence-corrected chi connectivity index (χ2v) is 9.51. The van der Waals surface area contributed by atoms with Crippen molar-refractivity contribution < 1.29 is 9.53 Å². The smallest absolute Gasteiger partial charge is 0.302 e. The van der Waals surface area contributed by atoms with E-state index < -0.39 is 0 Å². The van der Waals surface area contributed by atoms with Crippen LogP contribution in [0.2, 0.25) is 0 Å². The predicted octanol–water partition coefficient (Wildman–Crippen LogP) is 6.03. The van der Waals surface area contributed by atoms with Gasteiger partial charge in [0, 0.05) is 18.3 Å². The summed E-state index contributed by atoms with van der Waals surface area (Å²) in [6, 6.07) is 22.3. The zero-order valence-electron chi connectivity index (χ0n) is 18.4. The Morgan fingerprint density at radius 1 is 0.900 bits per heavy atom. The van der Waals surface area contributed by atoms with E-state index in [1.807, 2.05) is 0 Å². The van der Waals surface area contributed by atoms with E-state index in [1.165, 1.54) is 51.4 Å². The number of carbonyl (C=O) groups excluding carboxylic acids is 1. The van der Waals surface area contributed by atoms with E-state index in [4.69, 9.17) is 4.74 Å². The van der Waals surface area contributed by atoms with E-state index >= 15 is 0 Å². The number of aryl methyl sites for hydroxylation is 2. The van der Waals surface area contributed by atoms with Crippen molar-refractivity contribution in [2.24, 2.45) is 5.41 Å². The SMILES string of the molecule is CC(=O)OCC(C)(C)C12c3ccccc3C(c3ccccc31)c1c(C)ccc(C)c12. The normalized spacial score (nSPS) is 20.9. The van der Waals surface area contributed by atoms with Crippen LogP contribution in [-0.4, -0.2) is 12.6 Å². The van der Waals surface area contributed by atoms with Gasteiger partial charge in [-0.05, 0) is 58.4 Å². The predicted molar refractivity (Wildman–Crippen MR) is 120 cm³/mol. The van der Waals surface area contributed by atoms with E-state index in [2.05, 4.69) is 88.4 Å². The number of hydrogen-bond donors (Lipinski definition) is 0. The summed E-state index contributed by atoms with van der Waals surface area (Å²) in [6.45, 7) is 10.8. The van der Waals surface area contributed by atoms with Gasteiger partial charge in [-0.25, -0.2) is 0 Å². The first-order valence-corrected chi connectivity index (χ1v) is 10.7. The second-order valence-electron chi connectivity index (χ2n) is 9.51. The van der Waals surface area contributed by atoms with Gasteiger partial charge >= 0.3 is 5.97 Å². The lowest BCUT2D eigenvalue weighted by Crippen LogP contribution is -2.54. The average molecular weight is 397 g/mol. The van der Waals surface area contributed by atoms with Crippen molar-refractivity contribution in [3.05, 3.63) is 105 Å². The van der Waals surface area contributed by atoms with Crippen molar-refractivity contribution in [3.63, 3.8) is 0 Å². The first kappa shape index (κ1) is 19.1. The molecule has 0 aromatic heterocycles. The molecule has 2 nitrogen and oxygen atoms in total. The fraction of sp³-hybridized carbons (Fsp3) is 0.321. The Kier molecular flexibility index (Phi) is 4.02. The zero-order valence-corrected chi connectivity index (χ0v) is 18.4. The number of rotatable bonds is 3. The summed E-state index contributed by atoms with van der Waals surface area (Å²) in [5.74, 6) is 0.0189. The summed E-state index contributed by atoms with van der Waals surface area (Å²) in [5.41, 5.74) is 10.2. The Bertz CT molecular complexity index is 1140. The molecule has 30 heavy (non-hydrogen) atoms. The molecule has 2 heteroatoms. The van der Waals surface area contributed by atoms with E-state index in [0.29, 0.717) is 6.61 Å². The minimum absolute atomic E-state index is 0.230. The molecule has 0 amide bonds. The van der Waals surface area contributed by atoms with Gasteiger partial charge in [-0.15, -0.1) is 0 Å². The Balaban J connectivity index is 1.97. The maximum atomic E-state index is 11.8. The van der Waals surface area contributed by atoms with Crippen molar-refractivity contribution in [3.8, 4) is 0 Å². The van der Waals surface area contributed by atoms with Gasteiger partial charge in [0.1, 0.15) is 0 Å². The number of esters is 1. The lowest BCUT2D eigenvalue weighted by molar-refractivity contribution is -0.144. The maximum absolute atomic E-state index is 11.8. The summed E-state index contributed by atoms with van der Waals surface area (Å²) in [6.07, 6.45) is 0. The molecular weight excluding hydrogens is 368 g/mol. The van der Waals surface area contributed by atoms with E-state index in [9.17, 15) is 4.79 Å². The molecule has 0 saturated heterocycles. The molecule has 0 aliphatic heterocycles. The van der Waals surface area contributed by atoms with Crippen LogP contribution in [0.15, 0.2) is 60.7 Å². The number of hydrogen-bond acceptors (Lipinski definition) is 2. The highest BCUT2D eigenvalue weighted by Crippen LogP contribution is 2.66. The summed E-state index contributed by atoms with van der Waals surface area (Å²) in [5, 5.41) is 0. The lowest BCUT2D eigenvalue weighted by atomic mass is 9.44. The molecule has 0 fully saturated rings. The summed E-state index contributed by atoms with van der Waals surface area (Å²) < 4.78 is 5.68. The van der Waals surface area contributed by atoms with Crippen LogP contribution in [0.1, 0.15) is 71.2 Å². The molecule has 0 N–H and O–H groups in total. The Morgan fingerprint density at radius 3 is 2.00 bits per heavy atom. The largest absolute Gasteiger partial charge is 0.465 e. The highest BCUT2D eigenvalue weighted by Gasteiger charge is 2.59. The second kappa shape index (κ2) is 6.31. The first-order valence-electron chi connectivity index (χ1n) is 10.7. The highest BCUT2D eigenvalue weighted by atomic mass is 16.5. The Morgan fingerprint density at radius 2 is 1.43 bits per heavy atom. The van der Waals surface area contributed by atoms with Gasteiger partial charge in [0.15, 0.2) is 0 Å². The van der Waals surface area contributed by atoms with Crippen LogP contribution in [0.5, 0.6) is 0 Å². The maximum Gasteiger partial charge on any atom is 0.302 e. The molecule has 0 spiro atoms. The van der Waals surface area contributed by atoms with Gasteiger partial charge in [-0.1, -0.05) is 74.5 Å². The van der Waals surface area contributed by atoms with Crippen LogP contribution in [0, 0.1) is 19.3 Å². The standard InChI is InChI=1S/C28H28O2/c1-17-14-15-18(2)26-24(17)25-20-10-6-8-12-22(20)28(26,23-13-9-7-11-21(23)25)27(4,5)16-30-19(3)29/h6-15,25H,16H2,1-5H3. The molecule has 3 aromatic carbocycles. The van der Waals surface area contributed by atoms with Crippen LogP contribution in [0.3, 0.4) is 0 Å². The van der Waals surface area contributed by atoms with Crippen LogP contribution in [0.4, 0.5) is 0 Å². The first-order chi connectivity index (χ1) is 14.3. The van der Waals surface area contributed by atoms with Crippen LogP contribution in [0.25, 0.3) is 0 Å². The lowest BCUT2D eigenvalue weighted by Gasteiger charge is -2.58. The van der Waals surface area contributed by atoms with Gasteiger partial charge in [-0.3, -0.25) is 4.79 Å². The number of benzene rings is 3. The van der Waals surface area contributed by atoms with Crippen LogP contribution in [-0.2, 0) is 14.9 Å². The molecule has 2 bridgehead atoms. The fourth-order valence-corrected chi connectivity index (χ4v) is 6.23. The molecular formula is C28H28O2. The topological polar surface area (TPSA) is 26.3 Å². The van der Waals surface area contributed by atoms with Crippen molar-refractivity contribution in [2.75, 3.05) is 6.61 Å². The van der Waals surface area contributed by atoms with Crippen LogP contribution < -0.4 is 0 Å². The van der Waals surface area contributed by atoms with Gasteiger partial charge in [0.05, 0.1) is 12.0 Å². The molecule has 152 valence electrons. The van der Waals surface area contributed by atoms with Crippen molar-refractivity contribution in [1.29, 1.82) is 0 Å². The van der Waals surface area contributed by atoms with E-state index in [1.54, 1.807) is 0 Å². The third-order valence-electron chi connectivity index (χ3n) is 7.34. The third-order valence-corrected chi connectivity index (χ3v) is 7.34. The summed E-state index contributed by atoms with van der Waals surface area (Å²) in [4.78, 5) is 11.8. The quantitative estimate of drug-likeness (QED) is 0.505. The minimum Gasteiger partial charge on any atom is -0.465 e. The molecule has 0 heterocycles. The Hall–Kier alpha value is -2.87. The van der Waals surface area contributed by atoms with Gasteiger partial charge in [0.25, 0.3) is 0 Å². The average Bonchev–Trinajstić information content (AvgIpc) is 2.74. The molecule has 0 unspecified atom stereocenters. The number of carbonyl (C=O) groups is 1. The van der Waals surface area contributed by atoms with E-state index in [-0.39, 0.29) is 22.7 Å². The van der Waals surface area contributed by atoms with Gasteiger partial charge < -0.3 is 4.74 Å². The fourth-order valence-electron chi connectivity index (χ4n) is 6.23. The van der Waals surface area contributed by atoms with Crippen molar-refractivity contribution in [2.45, 2.75) is 46.0 Å². The van der Waals surface area contributed by atoms with Crippen molar-refractivity contribution in [1.82, 2.24) is 0 Å². The molecule has 0 radical (unpaired) electrons.